The van der Waals surface area contributed by atoms with E-state index in [2.05, 4.69) is 30.9 Å². The summed E-state index contributed by atoms with van der Waals surface area (Å²) < 4.78 is 4.88. The van der Waals surface area contributed by atoms with Gasteiger partial charge in [0.05, 0.1) is 19.0 Å². The maximum atomic E-state index is 11.5. The Balaban J connectivity index is 2.06. The van der Waals surface area contributed by atoms with Crippen LogP contribution in [0.15, 0.2) is 18.3 Å². The van der Waals surface area contributed by atoms with Gasteiger partial charge in [0.15, 0.2) is 0 Å². The Kier molecular flexibility index (Phi) is 2.72. The van der Waals surface area contributed by atoms with Crippen LogP contribution in [0, 0.1) is 0 Å². The lowest BCUT2D eigenvalue weighted by Gasteiger charge is -2.02. The van der Waals surface area contributed by atoms with Gasteiger partial charge in [-0.3, -0.25) is 4.79 Å². The van der Waals surface area contributed by atoms with Crippen LogP contribution in [0.4, 0.5) is 5.69 Å². The van der Waals surface area contributed by atoms with Gasteiger partial charge in [0.1, 0.15) is 0 Å². The van der Waals surface area contributed by atoms with E-state index in [1.807, 2.05) is 0 Å². The molecule has 0 aliphatic heterocycles. The summed E-state index contributed by atoms with van der Waals surface area (Å²) in [6.07, 6.45) is 1.47. The first kappa shape index (κ1) is 10.0. The number of ether oxygens (including phenoxy) is 1. The van der Waals surface area contributed by atoms with Crippen molar-refractivity contribution < 1.29 is 9.53 Å². The van der Waals surface area contributed by atoms with E-state index >= 15 is 0 Å². The molecule has 0 radical (unpaired) electrons. The molecule has 2 heterocycles. The van der Waals surface area contributed by atoms with Gasteiger partial charge >= 0.3 is 0 Å². The van der Waals surface area contributed by atoms with Gasteiger partial charge in [-0.15, -0.1) is 10.2 Å². The number of pyridine rings is 1. The Morgan fingerprint density at radius 2 is 2.38 bits per heavy atom. The summed E-state index contributed by atoms with van der Waals surface area (Å²) in [5.41, 5.74) is 0.524. The molecule has 0 aliphatic rings. The standard InChI is InChI=1S/C8H8N6O2/c1-16-6-3-2-5(4-9-6)10-8(15)7-11-13-14-12-7/h2-4H,1H3,(H,10,15)(H,11,12,13,14). The number of nitrogens with zero attached hydrogens (tertiary/aromatic N) is 4. The average Bonchev–Trinajstić information content (AvgIpc) is 2.83. The second kappa shape index (κ2) is 4.34. The number of carbonyl (C=O) groups is 1. The number of aromatic nitrogens is 5. The molecular weight excluding hydrogens is 212 g/mol. The molecule has 0 aliphatic carbocycles. The largest absolute Gasteiger partial charge is 0.481 e. The SMILES string of the molecule is COc1ccc(NC(=O)c2nn[nH]n2)cn1. The normalized spacial score (nSPS) is 9.81. The molecule has 0 saturated heterocycles. The van der Waals surface area contributed by atoms with Crippen molar-refractivity contribution in [3.8, 4) is 5.88 Å². The number of carbonyl (C=O) groups excluding carboxylic acids is 1. The van der Waals surface area contributed by atoms with E-state index in [1.54, 1.807) is 12.1 Å². The Bertz CT molecular complexity index is 466. The molecule has 2 rings (SSSR count). The zero-order valence-electron chi connectivity index (χ0n) is 8.34. The molecule has 82 valence electrons. The van der Waals surface area contributed by atoms with Crippen LogP contribution in [0.25, 0.3) is 0 Å². The molecule has 0 unspecified atom stereocenters. The highest BCUT2D eigenvalue weighted by Gasteiger charge is 2.10. The fourth-order valence-electron chi connectivity index (χ4n) is 1.02. The number of amides is 1. The van der Waals surface area contributed by atoms with Crippen LogP contribution in [0.3, 0.4) is 0 Å². The summed E-state index contributed by atoms with van der Waals surface area (Å²) in [7, 11) is 1.51. The second-order valence-electron chi connectivity index (χ2n) is 2.78. The first-order valence-corrected chi connectivity index (χ1v) is 4.34. The fraction of sp³-hybridized carbons (Fsp3) is 0.125. The minimum Gasteiger partial charge on any atom is -0.481 e. The van der Waals surface area contributed by atoms with Gasteiger partial charge < -0.3 is 10.1 Å². The molecule has 8 heteroatoms. The number of H-pyrrole nitrogens is 1. The lowest BCUT2D eigenvalue weighted by molar-refractivity contribution is 0.101. The van der Waals surface area contributed by atoms with Gasteiger partial charge in [-0.05, 0) is 11.3 Å². The summed E-state index contributed by atoms with van der Waals surface area (Å²) in [4.78, 5) is 15.4. The predicted octanol–water partition coefficient (Wildman–Crippen LogP) is -0.144. The highest BCUT2D eigenvalue weighted by atomic mass is 16.5. The number of tetrazole rings is 1. The minimum absolute atomic E-state index is 0.0316. The van der Waals surface area contributed by atoms with Gasteiger partial charge in [-0.25, -0.2) is 4.98 Å². The van der Waals surface area contributed by atoms with Crippen LogP contribution >= 0.6 is 0 Å². The van der Waals surface area contributed by atoms with E-state index in [9.17, 15) is 4.79 Å². The minimum atomic E-state index is -0.458. The number of rotatable bonds is 3. The molecule has 0 fully saturated rings. The molecule has 2 aromatic heterocycles. The van der Waals surface area contributed by atoms with E-state index in [4.69, 9.17) is 4.74 Å². The smallest absolute Gasteiger partial charge is 0.297 e. The van der Waals surface area contributed by atoms with Crippen LogP contribution in [0.1, 0.15) is 10.6 Å². The second-order valence-corrected chi connectivity index (χ2v) is 2.78. The van der Waals surface area contributed by atoms with Crippen molar-refractivity contribution in [2.45, 2.75) is 0 Å². The van der Waals surface area contributed by atoms with Gasteiger partial charge in [0, 0.05) is 6.07 Å². The topological polar surface area (TPSA) is 106 Å². The molecule has 0 atom stereocenters. The van der Waals surface area contributed by atoms with Gasteiger partial charge in [-0.1, -0.05) is 0 Å². The lowest BCUT2D eigenvalue weighted by Crippen LogP contribution is -2.13. The molecule has 2 aromatic rings. The highest BCUT2D eigenvalue weighted by molar-refractivity contribution is 6.01. The van der Waals surface area contributed by atoms with E-state index < -0.39 is 5.91 Å². The summed E-state index contributed by atoms with van der Waals surface area (Å²) in [5.74, 6) is -0.0194. The van der Waals surface area contributed by atoms with E-state index in [1.165, 1.54) is 13.3 Å². The van der Waals surface area contributed by atoms with Crippen LogP contribution in [0.5, 0.6) is 5.88 Å². The van der Waals surface area contributed by atoms with Gasteiger partial charge in [0.2, 0.25) is 5.88 Å². The first-order valence-electron chi connectivity index (χ1n) is 4.34. The number of aromatic amines is 1. The zero-order valence-corrected chi connectivity index (χ0v) is 8.34. The van der Waals surface area contributed by atoms with Crippen molar-refractivity contribution >= 4 is 11.6 Å². The molecule has 0 aromatic carbocycles. The van der Waals surface area contributed by atoms with E-state index in [0.29, 0.717) is 11.6 Å². The highest BCUT2D eigenvalue weighted by Crippen LogP contribution is 2.11. The third-order valence-corrected chi connectivity index (χ3v) is 1.75. The van der Waals surface area contributed by atoms with Crippen molar-refractivity contribution in [2.75, 3.05) is 12.4 Å². The van der Waals surface area contributed by atoms with E-state index in [0.717, 1.165) is 0 Å². The Labute approximate surface area is 90.0 Å². The molecule has 1 amide bonds. The van der Waals surface area contributed by atoms with Crippen LogP contribution < -0.4 is 10.1 Å². The molecule has 0 saturated carbocycles. The van der Waals surface area contributed by atoms with Crippen molar-refractivity contribution in [2.24, 2.45) is 0 Å². The maximum absolute atomic E-state index is 11.5. The first-order chi connectivity index (χ1) is 7.79. The number of hydrogen-bond acceptors (Lipinski definition) is 6. The zero-order chi connectivity index (χ0) is 11.4. The molecule has 8 nitrogen and oxygen atoms in total. The van der Waals surface area contributed by atoms with Crippen LogP contribution in [0.2, 0.25) is 0 Å². The molecule has 0 bridgehead atoms. The van der Waals surface area contributed by atoms with Crippen molar-refractivity contribution in [1.29, 1.82) is 0 Å². The van der Waals surface area contributed by atoms with Crippen LogP contribution in [-0.2, 0) is 0 Å². The number of nitrogens with one attached hydrogen (secondary N) is 2. The van der Waals surface area contributed by atoms with Gasteiger partial charge in [0.25, 0.3) is 11.7 Å². The van der Waals surface area contributed by atoms with E-state index in [-0.39, 0.29) is 5.82 Å². The van der Waals surface area contributed by atoms with Crippen LogP contribution in [-0.4, -0.2) is 38.6 Å². The summed E-state index contributed by atoms with van der Waals surface area (Å²) in [6, 6.07) is 3.29. The summed E-state index contributed by atoms with van der Waals surface area (Å²) in [6.45, 7) is 0. The molecule has 0 spiro atoms. The maximum Gasteiger partial charge on any atom is 0.297 e. The number of methoxy groups -OCH3 is 1. The summed E-state index contributed by atoms with van der Waals surface area (Å²) >= 11 is 0. The van der Waals surface area contributed by atoms with Crippen molar-refractivity contribution in [1.82, 2.24) is 25.6 Å². The number of anilines is 1. The van der Waals surface area contributed by atoms with Crippen molar-refractivity contribution in [3.63, 3.8) is 0 Å². The lowest BCUT2D eigenvalue weighted by atomic mass is 10.4. The number of hydrogen-bond donors (Lipinski definition) is 2. The quantitative estimate of drug-likeness (QED) is 0.745. The Hall–Kier alpha value is -2.51. The Morgan fingerprint density at radius 3 is 2.94 bits per heavy atom. The van der Waals surface area contributed by atoms with Crippen molar-refractivity contribution in [3.05, 3.63) is 24.2 Å². The third kappa shape index (κ3) is 2.11. The average molecular weight is 220 g/mol. The predicted molar refractivity (Wildman–Crippen MR) is 52.9 cm³/mol. The third-order valence-electron chi connectivity index (χ3n) is 1.75. The molecular formula is C8H8N6O2. The monoisotopic (exact) mass is 220 g/mol. The fourth-order valence-corrected chi connectivity index (χ4v) is 1.02. The Morgan fingerprint density at radius 1 is 1.50 bits per heavy atom. The molecule has 2 N–H and O–H groups in total. The molecule has 16 heavy (non-hydrogen) atoms. The van der Waals surface area contributed by atoms with Gasteiger partial charge in [-0.2, -0.15) is 5.21 Å². The summed E-state index contributed by atoms with van der Waals surface area (Å²) in [5, 5.41) is 15.1.